The van der Waals surface area contributed by atoms with E-state index < -0.39 is 0 Å². The van der Waals surface area contributed by atoms with E-state index in [-0.39, 0.29) is 0 Å². The maximum absolute atomic E-state index is 4.15. The van der Waals surface area contributed by atoms with Crippen molar-refractivity contribution in [2.45, 2.75) is 19.8 Å². The van der Waals surface area contributed by atoms with Crippen molar-refractivity contribution in [1.82, 2.24) is 5.32 Å². The largest absolute Gasteiger partial charge is 0.316 e. The van der Waals surface area contributed by atoms with Crippen molar-refractivity contribution < 1.29 is 0 Å². The Labute approximate surface area is 80.9 Å². The summed E-state index contributed by atoms with van der Waals surface area (Å²) < 4.78 is 0. The van der Waals surface area contributed by atoms with Crippen LogP contribution in [0.3, 0.4) is 0 Å². The standard InChI is InChI=1S/C12H19N/c1-3-4-9(2)10-5-11-7-13-8-12(11)6-10/h3-4,10-13H,2,5-8H2,1H3/b4-3+/t10?,11-,12+. The lowest BCUT2D eigenvalue weighted by molar-refractivity contribution is 0.494. The second-order valence-corrected chi connectivity index (χ2v) is 4.42. The summed E-state index contributed by atoms with van der Waals surface area (Å²) in [6.45, 7) is 8.70. The average molecular weight is 177 g/mol. The molecule has 1 saturated heterocycles. The van der Waals surface area contributed by atoms with Gasteiger partial charge in [-0.05, 0) is 50.6 Å². The second kappa shape index (κ2) is 3.67. The van der Waals surface area contributed by atoms with Crippen LogP contribution in [0.2, 0.25) is 0 Å². The fourth-order valence-corrected chi connectivity index (χ4v) is 2.82. The molecule has 1 N–H and O–H groups in total. The summed E-state index contributed by atoms with van der Waals surface area (Å²) in [6, 6.07) is 0. The Bertz CT molecular complexity index is 217. The summed E-state index contributed by atoms with van der Waals surface area (Å²) in [4.78, 5) is 0. The first-order chi connectivity index (χ1) is 6.31. The Morgan fingerprint density at radius 3 is 2.46 bits per heavy atom. The fourth-order valence-electron chi connectivity index (χ4n) is 2.82. The van der Waals surface area contributed by atoms with Gasteiger partial charge in [0, 0.05) is 0 Å². The van der Waals surface area contributed by atoms with Crippen LogP contribution in [0.25, 0.3) is 0 Å². The normalized spacial score (nSPS) is 38.4. The molecule has 0 radical (unpaired) electrons. The van der Waals surface area contributed by atoms with Gasteiger partial charge in [0.2, 0.25) is 0 Å². The predicted octanol–water partition coefficient (Wildman–Crippen LogP) is 2.36. The number of rotatable bonds is 2. The SMILES string of the molecule is C=C(/C=C/C)C1C[C@H]2CNC[C@H]2C1. The highest BCUT2D eigenvalue weighted by Gasteiger charge is 2.37. The first-order valence-electron chi connectivity index (χ1n) is 5.33. The van der Waals surface area contributed by atoms with Gasteiger partial charge in [-0.3, -0.25) is 0 Å². The van der Waals surface area contributed by atoms with Crippen LogP contribution in [0.5, 0.6) is 0 Å². The summed E-state index contributed by atoms with van der Waals surface area (Å²) in [5, 5.41) is 3.47. The number of allylic oxidation sites excluding steroid dienone is 3. The molecule has 1 nitrogen and oxygen atoms in total. The topological polar surface area (TPSA) is 12.0 Å². The van der Waals surface area contributed by atoms with Crippen LogP contribution in [0.4, 0.5) is 0 Å². The van der Waals surface area contributed by atoms with Crippen molar-refractivity contribution >= 4 is 0 Å². The van der Waals surface area contributed by atoms with Crippen molar-refractivity contribution in [2.75, 3.05) is 13.1 Å². The van der Waals surface area contributed by atoms with Gasteiger partial charge < -0.3 is 5.32 Å². The molecule has 0 bridgehead atoms. The highest BCUT2D eigenvalue weighted by atomic mass is 14.9. The lowest BCUT2D eigenvalue weighted by Gasteiger charge is -2.10. The van der Waals surface area contributed by atoms with E-state index in [1.165, 1.54) is 31.5 Å². The molecule has 3 atom stereocenters. The molecular formula is C12H19N. The van der Waals surface area contributed by atoms with Crippen molar-refractivity contribution in [1.29, 1.82) is 0 Å². The van der Waals surface area contributed by atoms with E-state index >= 15 is 0 Å². The zero-order valence-electron chi connectivity index (χ0n) is 8.42. The number of nitrogens with one attached hydrogen (secondary N) is 1. The molecule has 2 fully saturated rings. The Balaban J connectivity index is 1.95. The van der Waals surface area contributed by atoms with E-state index in [0.29, 0.717) is 0 Å². The molecule has 0 spiro atoms. The highest BCUT2D eigenvalue weighted by Crippen LogP contribution is 2.41. The van der Waals surface area contributed by atoms with Crippen molar-refractivity contribution in [3.63, 3.8) is 0 Å². The van der Waals surface area contributed by atoms with E-state index in [4.69, 9.17) is 0 Å². The van der Waals surface area contributed by atoms with Gasteiger partial charge in [0.05, 0.1) is 0 Å². The molecule has 2 rings (SSSR count). The lowest BCUT2D eigenvalue weighted by Crippen LogP contribution is -2.12. The van der Waals surface area contributed by atoms with Gasteiger partial charge in [-0.2, -0.15) is 0 Å². The maximum Gasteiger partial charge on any atom is -0.00171 e. The average Bonchev–Trinajstić information content (AvgIpc) is 2.61. The molecule has 0 aromatic carbocycles. The third-order valence-corrected chi connectivity index (χ3v) is 3.56. The predicted molar refractivity (Wildman–Crippen MR) is 56.5 cm³/mol. The molecule has 1 saturated carbocycles. The molecule has 1 heteroatoms. The van der Waals surface area contributed by atoms with Crippen LogP contribution >= 0.6 is 0 Å². The van der Waals surface area contributed by atoms with E-state index in [1.807, 2.05) is 0 Å². The lowest BCUT2D eigenvalue weighted by atomic mass is 9.97. The molecular weight excluding hydrogens is 158 g/mol. The molecule has 1 heterocycles. The molecule has 1 aliphatic carbocycles. The van der Waals surface area contributed by atoms with Gasteiger partial charge >= 0.3 is 0 Å². The molecule has 0 amide bonds. The van der Waals surface area contributed by atoms with E-state index in [9.17, 15) is 0 Å². The van der Waals surface area contributed by atoms with Crippen LogP contribution in [0.15, 0.2) is 24.3 Å². The highest BCUT2D eigenvalue weighted by molar-refractivity contribution is 5.19. The fraction of sp³-hybridized carbons (Fsp3) is 0.667. The van der Waals surface area contributed by atoms with Gasteiger partial charge in [-0.15, -0.1) is 0 Å². The first-order valence-corrected chi connectivity index (χ1v) is 5.33. The third-order valence-electron chi connectivity index (χ3n) is 3.56. The first kappa shape index (κ1) is 9.01. The maximum atomic E-state index is 4.15. The summed E-state index contributed by atoms with van der Waals surface area (Å²) in [7, 11) is 0. The second-order valence-electron chi connectivity index (χ2n) is 4.42. The quantitative estimate of drug-likeness (QED) is 0.638. The van der Waals surface area contributed by atoms with Crippen LogP contribution in [-0.2, 0) is 0 Å². The van der Waals surface area contributed by atoms with Gasteiger partial charge in [-0.1, -0.05) is 24.3 Å². The van der Waals surface area contributed by atoms with E-state index in [2.05, 4.69) is 31.0 Å². The number of hydrogen-bond donors (Lipinski definition) is 1. The zero-order valence-corrected chi connectivity index (χ0v) is 8.42. The van der Waals surface area contributed by atoms with E-state index in [1.54, 1.807) is 0 Å². The third kappa shape index (κ3) is 1.71. The molecule has 72 valence electrons. The van der Waals surface area contributed by atoms with Crippen LogP contribution < -0.4 is 5.32 Å². The Hall–Kier alpha value is -0.560. The Morgan fingerprint density at radius 2 is 1.92 bits per heavy atom. The van der Waals surface area contributed by atoms with Gasteiger partial charge in [0.1, 0.15) is 0 Å². The minimum atomic E-state index is 0.772. The Kier molecular flexibility index (Phi) is 2.54. The molecule has 2 aliphatic rings. The molecule has 1 aliphatic heterocycles. The molecule has 0 aromatic rings. The smallest absolute Gasteiger partial charge is 0.00171 e. The number of hydrogen-bond acceptors (Lipinski definition) is 1. The molecule has 13 heavy (non-hydrogen) atoms. The number of fused-ring (bicyclic) bond motifs is 1. The van der Waals surface area contributed by atoms with Crippen molar-refractivity contribution in [3.05, 3.63) is 24.3 Å². The van der Waals surface area contributed by atoms with Crippen molar-refractivity contribution in [2.24, 2.45) is 17.8 Å². The minimum Gasteiger partial charge on any atom is -0.316 e. The van der Waals surface area contributed by atoms with Gasteiger partial charge in [-0.25, -0.2) is 0 Å². The molecule has 0 aromatic heterocycles. The van der Waals surface area contributed by atoms with Crippen molar-refractivity contribution in [3.8, 4) is 0 Å². The van der Waals surface area contributed by atoms with Crippen LogP contribution in [0, 0.1) is 17.8 Å². The summed E-state index contributed by atoms with van der Waals surface area (Å²) >= 11 is 0. The Morgan fingerprint density at radius 1 is 1.31 bits per heavy atom. The van der Waals surface area contributed by atoms with Crippen LogP contribution in [-0.4, -0.2) is 13.1 Å². The van der Waals surface area contributed by atoms with E-state index in [0.717, 1.165) is 17.8 Å². The zero-order chi connectivity index (χ0) is 9.26. The monoisotopic (exact) mass is 177 g/mol. The van der Waals surface area contributed by atoms with Crippen LogP contribution in [0.1, 0.15) is 19.8 Å². The van der Waals surface area contributed by atoms with Gasteiger partial charge in [0.15, 0.2) is 0 Å². The summed E-state index contributed by atoms with van der Waals surface area (Å²) in [6.07, 6.45) is 7.01. The van der Waals surface area contributed by atoms with Gasteiger partial charge in [0.25, 0.3) is 0 Å². The summed E-state index contributed by atoms with van der Waals surface area (Å²) in [5.41, 5.74) is 1.34. The summed E-state index contributed by atoms with van der Waals surface area (Å²) in [5.74, 6) is 2.65. The molecule has 1 unspecified atom stereocenters. The minimum absolute atomic E-state index is 0.772.